The molecule has 90 valence electrons. The lowest BCUT2D eigenvalue weighted by Crippen LogP contribution is -2.29. The van der Waals surface area contributed by atoms with Gasteiger partial charge in [-0.15, -0.1) is 0 Å². The first kappa shape index (κ1) is 12.1. The highest BCUT2D eigenvalue weighted by Crippen LogP contribution is 2.29. The van der Waals surface area contributed by atoms with Crippen LogP contribution in [0.15, 0.2) is 18.2 Å². The van der Waals surface area contributed by atoms with Gasteiger partial charge < -0.3 is 5.73 Å². The van der Waals surface area contributed by atoms with E-state index in [0.717, 1.165) is 11.2 Å². The summed E-state index contributed by atoms with van der Waals surface area (Å²) in [6.07, 6.45) is 0. The monoisotopic (exact) mass is 228 g/mol. The molecule has 0 saturated heterocycles. The van der Waals surface area contributed by atoms with Crippen LogP contribution in [-0.2, 0) is 5.54 Å². The smallest absolute Gasteiger partial charge is 0.0737 e. The first-order valence-electron chi connectivity index (χ1n) is 5.97. The highest BCUT2D eigenvalue weighted by molar-refractivity contribution is 5.86. The molecule has 2 N–H and O–H groups in total. The van der Waals surface area contributed by atoms with Gasteiger partial charge >= 0.3 is 0 Å². The van der Waals surface area contributed by atoms with E-state index in [9.17, 15) is 0 Å². The average Bonchev–Trinajstić information content (AvgIpc) is 2.16. The van der Waals surface area contributed by atoms with Crippen LogP contribution in [0.3, 0.4) is 0 Å². The number of rotatable bonds is 1. The predicted molar refractivity (Wildman–Crippen MR) is 73.2 cm³/mol. The summed E-state index contributed by atoms with van der Waals surface area (Å²) in [6.45, 7) is 10.3. The second-order valence-corrected chi connectivity index (χ2v) is 5.51. The van der Waals surface area contributed by atoms with Gasteiger partial charge in [0.05, 0.1) is 5.52 Å². The molecule has 0 atom stereocenters. The number of nitrogens with zero attached hydrogens (tertiary/aromatic N) is 1. The molecule has 1 aromatic heterocycles. The molecular weight excluding hydrogens is 208 g/mol. The first-order chi connectivity index (χ1) is 7.79. The van der Waals surface area contributed by atoms with Crippen LogP contribution in [0.25, 0.3) is 10.9 Å². The van der Waals surface area contributed by atoms with E-state index in [4.69, 9.17) is 5.73 Å². The quantitative estimate of drug-likeness (QED) is 0.813. The second-order valence-electron chi connectivity index (χ2n) is 5.51. The lowest BCUT2D eigenvalue weighted by Gasteiger charge is -2.22. The normalized spacial score (nSPS) is 12.1. The first-order valence-corrected chi connectivity index (χ1v) is 5.97. The molecule has 0 aliphatic carbocycles. The zero-order valence-corrected chi connectivity index (χ0v) is 11.3. The van der Waals surface area contributed by atoms with Crippen LogP contribution in [-0.4, -0.2) is 4.98 Å². The van der Waals surface area contributed by atoms with Crippen LogP contribution in [0.1, 0.15) is 36.2 Å². The molecule has 2 nitrogen and oxygen atoms in total. The highest BCUT2D eigenvalue weighted by atomic mass is 14.7. The van der Waals surface area contributed by atoms with Crippen LogP contribution in [0.2, 0.25) is 0 Å². The van der Waals surface area contributed by atoms with Crippen molar-refractivity contribution in [3.05, 3.63) is 40.6 Å². The van der Waals surface area contributed by atoms with Crippen molar-refractivity contribution >= 4 is 10.9 Å². The SMILES string of the molecule is Cc1cc(C)c2nc(C)cc(C(C)(C)N)c2c1. The maximum atomic E-state index is 6.26. The van der Waals surface area contributed by atoms with Gasteiger partial charge in [-0.1, -0.05) is 11.6 Å². The summed E-state index contributed by atoms with van der Waals surface area (Å²) in [7, 11) is 0. The van der Waals surface area contributed by atoms with E-state index in [0.29, 0.717) is 0 Å². The standard InChI is InChI=1S/C15H20N2/c1-9-6-10(2)14-12(7-9)13(15(4,5)16)8-11(3)17-14/h6-8H,16H2,1-5H3. The minimum Gasteiger partial charge on any atom is -0.322 e. The summed E-state index contributed by atoms with van der Waals surface area (Å²) in [5.74, 6) is 0. The average molecular weight is 228 g/mol. The van der Waals surface area contributed by atoms with Crippen molar-refractivity contribution < 1.29 is 0 Å². The lowest BCUT2D eigenvalue weighted by atomic mass is 9.90. The summed E-state index contributed by atoms with van der Waals surface area (Å²) in [5, 5.41) is 1.18. The van der Waals surface area contributed by atoms with Crippen LogP contribution in [0, 0.1) is 20.8 Å². The third kappa shape index (κ3) is 2.18. The van der Waals surface area contributed by atoms with E-state index in [1.165, 1.54) is 22.1 Å². The van der Waals surface area contributed by atoms with E-state index in [1.54, 1.807) is 0 Å². The Morgan fingerprint density at radius 1 is 1.06 bits per heavy atom. The number of aryl methyl sites for hydroxylation is 3. The van der Waals surface area contributed by atoms with Gasteiger partial charge in [-0.2, -0.15) is 0 Å². The lowest BCUT2D eigenvalue weighted by molar-refractivity contribution is 0.558. The van der Waals surface area contributed by atoms with Gasteiger partial charge in [0.2, 0.25) is 0 Å². The van der Waals surface area contributed by atoms with Crippen molar-refractivity contribution in [3.8, 4) is 0 Å². The summed E-state index contributed by atoms with van der Waals surface area (Å²) < 4.78 is 0. The summed E-state index contributed by atoms with van der Waals surface area (Å²) in [4.78, 5) is 4.63. The second kappa shape index (κ2) is 3.81. The Bertz CT molecular complexity index is 577. The Morgan fingerprint density at radius 3 is 2.29 bits per heavy atom. The van der Waals surface area contributed by atoms with Crippen LogP contribution in [0.4, 0.5) is 0 Å². The molecule has 0 aliphatic rings. The zero-order valence-electron chi connectivity index (χ0n) is 11.3. The third-order valence-corrected chi connectivity index (χ3v) is 3.07. The van der Waals surface area contributed by atoms with Gasteiger partial charge in [0.15, 0.2) is 0 Å². The number of hydrogen-bond acceptors (Lipinski definition) is 2. The Balaban J connectivity index is 2.93. The number of nitrogens with two attached hydrogens (primary N) is 1. The van der Waals surface area contributed by atoms with E-state index in [-0.39, 0.29) is 5.54 Å². The van der Waals surface area contributed by atoms with Gasteiger partial charge in [0.25, 0.3) is 0 Å². The molecule has 0 spiro atoms. The number of aromatic nitrogens is 1. The highest BCUT2D eigenvalue weighted by Gasteiger charge is 2.19. The molecule has 0 bridgehead atoms. The zero-order chi connectivity index (χ0) is 12.8. The van der Waals surface area contributed by atoms with Crippen molar-refractivity contribution in [1.29, 1.82) is 0 Å². The summed E-state index contributed by atoms with van der Waals surface area (Å²) in [5.41, 5.74) is 11.7. The molecule has 17 heavy (non-hydrogen) atoms. The van der Waals surface area contributed by atoms with E-state index < -0.39 is 0 Å². The molecule has 2 heteroatoms. The minimum absolute atomic E-state index is 0.341. The van der Waals surface area contributed by atoms with Crippen molar-refractivity contribution in [2.24, 2.45) is 5.73 Å². The largest absolute Gasteiger partial charge is 0.322 e. The number of benzene rings is 1. The maximum Gasteiger partial charge on any atom is 0.0737 e. The van der Waals surface area contributed by atoms with Crippen LogP contribution >= 0.6 is 0 Å². The molecule has 0 unspecified atom stereocenters. The molecule has 0 fully saturated rings. The summed E-state index contributed by atoms with van der Waals surface area (Å²) >= 11 is 0. The molecule has 0 amide bonds. The predicted octanol–water partition coefficient (Wildman–Crippen LogP) is 3.35. The van der Waals surface area contributed by atoms with Crippen LogP contribution < -0.4 is 5.73 Å². The number of pyridine rings is 1. The molecule has 0 aliphatic heterocycles. The van der Waals surface area contributed by atoms with Crippen molar-refractivity contribution in [1.82, 2.24) is 4.98 Å². The van der Waals surface area contributed by atoms with Crippen LogP contribution in [0.5, 0.6) is 0 Å². The van der Waals surface area contributed by atoms with Gasteiger partial charge in [-0.3, -0.25) is 4.98 Å². The Kier molecular flexibility index (Phi) is 2.70. The fraction of sp³-hybridized carbons (Fsp3) is 0.400. The molecule has 1 aromatic carbocycles. The maximum absolute atomic E-state index is 6.26. The minimum atomic E-state index is -0.341. The van der Waals surface area contributed by atoms with E-state index >= 15 is 0 Å². The van der Waals surface area contributed by atoms with E-state index in [1.807, 2.05) is 20.8 Å². The fourth-order valence-electron chi connectivity index (χ4n) is 2.34. The summed E-state index contributed by atoms with van der Waals surface area (Å²) in [6, 6.07) is 6.45. The molecule has 2 rings (SSSR count). The van der Waals surface area contributed by atoms with Gasteiger partial charge in [-0.25, -0.2) is 0 Å². The number of hydrogen-bond donors (Lipinski definition) is 1. The van der Waals surface area contributed by atoms with Crippen molar-refractivity contribution in [2.45, 2.75) is 40.2 Å². The number of fused-ring (bicyclic) bond motifs is 1. The van der Waals surface area contributed by atoms with Crippen molar-refractivity contribution in [2.75, 3.05) is 0 Å². The molecular formula is C15H20N2. The van der Waals surface area contributed by atoms with Gasteiger partial charge in [-0.05, 0) is 57.9 Å². The van der Waals surface area contributed by atoms with Crippen molar-refractivity contribution in [3.63, 3.8) is 0 Å². The molecule has 0 saturated carbocycles. The Labute approximate surface area is 103 Å². The Hall–Kier alpha value is -1.41. The van der Waals surface area contributed by atoms with E-state index in [2.05, 4.69) is 37.0 Å². The Morgan fingerprint density at radius 2 is 1.71 bits per heavy atom. The topological polar surface area (TPSA) is 38.9 Å². The third-order valence-electron chi connectivity index (χ3n) is 3.07. The fourth-order valence-corrected chi connectivity index (χ4v) is 2.34. The molecule has 0 radical (unpaired) electrons. The molecule has 2 aromatic rings. The van der Waals surface area contributed by atoms with Gasteiger partial charge in [0.1, 0.15) is 0 Å². The van der Waals surface area contributed by atoms with Gasteiger partial charge in [0, 0.05) is 16.6 Å². The molecule has 1 heterocycles.